The summed E-state index contributed by atoms with van der Waals surface area (Å²) in [5.74, 6) is -0.919. The quantitative estimate of drug-likeness (QED) is 0.229. The lowest BCUT2D eigenvalue weighted by Crippen LogP contribution is -2.33. The van der Waals surface area contributed by atoms with Crippen LogP contribution in [0.15, 0.2) is 54.6 Å². The maximum Gasteiger partial charge on any atom is 0.338 e. The van der Waals surface area contributed by atoms with Crippen LogP contribution in [-0.4, -0.2) is 43.1 Å². The van der Waals surface area contributed by atoms with Crippen molar-refractivity contribution in [2.45, 2.75) is 89.1 Å². The Balaban J connectivity index is 1.22. The number of hydrogen-bond acceptors (Lipinski definition) is 6. The molecule has 0 radical (unpaired) electrons. The minimum Gasteiger partial charge on any atom is -0.462 e. The number of carbonyl (C=O) groups is 2. The zero-order valence-corrected chi connectivity index (χ0v) is 22.4. The first kappa shape index (κ1) is 26.9. The minimum atomic E-state index is -0.560. The van der Waals surface area contributed by atoms with Gasteiger partial charge in [0.2, 0.25) is 0 Å². The molecule has 4 atom stereocenters. The van der Waals surface area contributed by atoms with Crippen molar-refractivity contribution in [2.75, 3.05) is 13.2 Å². The summed E-state index contributed by atoms with van der Waals surface area (Å²) in [4.78, 5) is 25.2. The number of carbonyl (C=O) groups excluding carboxylic acids is 2. The SMILES string of the molecule is CCCCCCCC1(CC[C@@H]2[C@H]3CC(=O)O[C@H]3C[C@H]2OC(=O)c2ccc(-c3ccccc3)cc2)OCCO1. The Labute approximate surface area is 226 Å². The molecule has 2 heterocycles. The molecule has 0 spiro atoms. The van der Waals surface area contributed by atoms with Crippen LogP contribution in [0.5, 0.6) is 0 Å². The van der Waals surface area contributed by atoms with Crippen LogP contribution in [0.4, 0.5) is 0 Å². The molecule has 3 fully saturated rings. The highest BCUT2D eigenvalue weighted by atomic mass is 16.7. The number of ether oxygens (including phenoxy) is 4. The van der Waals surface area contributed by atoms with E-state index in [1.54, 1.807) is 0 Å². The zero-order chi connectivity index (χ0) is 26.4. The predicted octanol–water partition coefficient (Wildman–Crippen LogP) is 6.71. The van der Waals surface area contributed by atoms with Gasteiger partial charge in [0.25, 0.3) is 0 Å². The van der Waals surface area contributed by atoms with E-state index in [4.69, 9.17) is 18.9 Å². The Morgan fingerprint density at radius 3 is 2.37 bits per heavy atom. The molecular weight excluding hydrogens is 480 g/mol. The van der Waals surface area contributed by atoms with Gasteiger partial charge in [-0.15, -0.1) is 0 Å². The number of fused-ring (bicyclic) bond motifs is 1. The van der Waals surface area contributed by atoms with Crippen LogP contribution in [0.2, 0.25) is 0 Å². The second-order valence-electron chi connectivity index (χ2n) is 11.0. The summed E-state index contributed by atoms with van der Waals surface area (Å²) in [6.07, 6.45) is 8.85. The summed E-state index contributed by atoms with van der Waals surface area (Å²) >= 11 is 0. The summed E-state index contributed by atoms with van der Waals surface area (Å²) in [5, 5.41) is 0. The van der Waals surface area contributed by atoms with E-state index < -0.39 is 5.79 Å². The van der Waals surface area contributed by atoms with Gasteiger partial charge in [-0.1, -0.05) is 75.1 Å². The Kier molecular flexibility index (Phi) is 8.80. The average molecular weight is 521 g/mol. The molecule has 3 aliphatic rings. The van der Waals surface area contributed by atoms with Gasteiger partial charge in [-0.25, -0.2) is 4.79 Å². The summed E-state index contributed by atoms with van der Waals surface area (Å²) in [6.45, 7) is 3.45. The Bertz CT molecular complexity index is 1060. The highest BCUT2D eigenvalue weighted by Crippen LogP contribution is 2.46. The third-order valence-corrected chi connectivity index (χ3v) is 8.47. The molecule has 38 heavy (non-hydrogen) atoms. The van der Waals surface area contributed by atoms with Crippen LogP contribution in [0.25, 0.3) is 11.1 Å². The zero-order valence-electron chi connectivity index (χ0n) is 22.4. The molecule has 0 aromatic heterocycles. The predicted molar refractivity (Wildman–Crippen MR) is 144 cm³/mol. The van der Waals surface area contributed by atoms with Crippen molar-refractivity contribution in [3.63, 3.8) is 0 Å². The molecule has 1 saturated carbocycles. The van der Waals surface area contributed by atoms with Crippen molar-refractivity contribution in [1.82, 2.24) is 0 Å². The molecule has 0 unspecified atom stereocenters. The third-order valence-electron chi connectivity index (χ3n) is 8.47. The fourth-order valence-electron chi connectivity index (χ4n) is 6.42. The van der Waals surface area contributed by atoms with Gasteiger partial charge in [0, 0.05) is 31.1 Å². The lowest BCUT2D eigenvalue weighted by molar-refractivity contribution is -0.171. The Hall–Kier alpha value is -2.70. The molecule has 6 heteroatoms. The molecule has 1 aliphatic carbocycles. The van der Waals surface area contributed by atoms with Gasteiger partial charge in [0.1, 0.15) is 12.2 Å². The lowest BCUT2D eigenvalue weighted by atomic mass is 9.86. The van der Waals surface area contributed by atoms with Crippen molar-refractivity contribution in [3.05, 3.63) is 60.2 Å². The standard InChI is InChI=1S/C32H40O6/c1-2-3-4-5-9-17-32(35-19-20-36-32)18-16-26-27-21-30(33)37-29(27)22-28(26)38-31(34)25-14-12-24(13-15-25)23-10-7-6-8-11-23/h6-8,10-15,26-29H,2-5,9,16-22H2,1H3/t26-,27-,28-,29+/m1/s1. The molecule has 2 aromatic rings. The first-order chi connectivity index (χ1) is 18.6. The van der Waals surface area contributed by atoms with Crippen molar-refractivity contribution < 1.29 is 28.5 Å². The van der Waals surface area contributed by atoms with Gasteiger partial charge in [0.15, 0.2) is 5.79 Å². The first-order valence-corrected chi connectivity index (χ1v) is 14.4. The first-order valence-electron chi connectivity index (χ1n) is 14.4. The van der Waals surface area contributed by atoms with E-state index in [-0.39, 0.29) is 36.0 Å². The second kappa shape index (κ2) is 12.4. The van der Waals surface area contributed by atoms with Gasteiger partial charge in [-0.3, -0.25) is 4.79 Å². The fraction of sp³-hybridized carbons (Fsp3) is 0.562. The average Bonchev–Trinajstić information content (AvgIpc) is 3.63. The molecule has 204 valence electrons. The molecule has 2 aromatic carbocycles. The smallest absolute Gasteiger partial charge is 0.338 e. The Morgan fingerprint density at radius 1 is 0.921 bits per heavy atom. The van der Waals surface area contributed by atoms with E-state index >= 15 is 0 Å². The maximum atomic E-state index is 13.1. The van der Waals surface area contributed by atoms with Crippen LogP contribution >= 0.6 is 0 Å². The number of benzene rings is 2. The van der Waals surface area contributed by atoms with Gasteiger partial charge in [0.05, 0.1) is 25.2 Å². The van der Waals surface area contributed by atoms with Crippen LogP contribution < -0.4 is 0 Å². The molecule has 0 amide bonds. The van der Waals surface area contributed by atoms with Crippen LogP contribution in [-0.2, 0) is 23.7 Å². The summed E-state index contributed by atoms with van der Waals surface area (Å²) < 4.78 is 24.0. The molecular formula is C32H40O6. The number of esters is 2. The van der Waals surface area contributed by atoms with Gasteiger partial charge >= 0.3 is 11.9 Å². The highest BCUT2D eigenvalue weighted by molar-refractivity contribution is 5.90. The summed E-state index contributed by atoms with van der Waals surface area (Å²) in [5.41, 5.74) is 2.69. The molecule has 0 N–H and O–H groups in total. The van der Waals surface area contributed by atoms with Crippen molar-refractivity contribution in [3.8, 4) is 11.1 Å². The molecule has 6 nitrogen and oxygen atoms in total. The van der Waals surface area contributed by atoms with E-state index in [0.717, 1.165) is 36.8 Å². The topological polar surface area (TPSA) is 71.1 Å². The normalized spacial score (nSPS) is 25.8. The van der Waals surface area contributed by atoms with Crippen LogP contribution in [0, 0.1) is 11.8 Å². The van der Waals surface area contributed by atoms with Crippen LogP contribution in [0.1, 0.15) is 81.5 Å². The maximum absolute atomic E-state index is 13.1. The molecule has 5 rings (SSSR count). The van der Waals surface area contributed by atoms with E-state index in [0.29, 0.717) is 31.6 Å². The van der Waals surface area contributed by atoms with Gasteiger partial charge in [-0.05, 0) is 36.1 Å². The largest absolute Gasteiger partial charge is 0.462 e. The van der Waals surface area contributed by atoms with Gasteiger partial charge in [-0.2, -0.15) is 0 Å². The second-order valence-corrected chi connectivity index (χ2v) is 11.0. The highest BCUT2D eigenvalue weighted by Gasteiger charge is 2.52. The van der Waals surface area contributed by atoms with Crippen molar-refractivity contribution in [2.24, 2.45) is 11.8 Å². The van der Waals surface area contributed by atoms with Crippen molar-refractivity contribution >= 4 is 11.9 Å². The van der Waals surface area contributed by atoms with E-state index in [1.165, 1.54) is 25.7 Å². The molecule has 0 bridgehead atoms. The van der Waals surface area contributed by atoms with Crippen molar-refractivity contribution in [1.29, 1.82) is 0 Å². The number of unbranched alkanes of at least 4 members (excludes halogenated alkanes) is 4. The van der Waals surface area contributed by atoms with Gasteiger partial charge < -0.3 is 18.9 Å². The minimum absolute atomic E-state index is 0.0451. The van der Waals surface area contributed by atoms with E-state index in [9.17, 15) is 9.59 Å². The fourth-order valence-corrected chi connectivity index (χ4v) is 6.42. The molecule has 2 saturated heterocycles. The summed E-state index contributed by atoms with van der Waals surface area (Å²) in [7, 11) is 0. The van der Waals surface area contributed by atoms with E-state index in [2.05, 4.69) is 6.92 Å². The number of hydrogen-bond donors (Lipinski definition) is 0. The summed E-state index contributed by atoms with van der Waals surface area (Å²) in [6, 6.07) is 17.6. The van der Waals surface area contributed by atoms with E-state index in [1.807, 2.05) is 54.6 Å². The number of rotatable bonds is 12. The lowest BCUT2D eigenvalue weighted by Gasteiger charge is -2.31. The third kappa shape index (κ3) is 6.29. The monoisotopic (exact) mass is 520 g/mol. The molecule has 2 aliphatic heterocycles. The Morgan fingerprint density at radius 2 is 1.63 bits per heavy atom. The van der Waals surface area contributed by atoms with Crippen LogP contribution in [0.3, 0.4) is 0 Å².